The highest BCUT2D eigenvalue weighted by Crippen LogP contribution is 2.25. The van der Waals surface area contributed by atoms with Gasteiger partial charge in [-0.25, -0.2) is 4.39 Å². The highest BCUT2D eigenvalue weighted by atomic mass is 19.1. The summed E-state index contributed by atoms with van der Waals surface area (Å²) >= 11 is 0. The van der Waals surface area contributed by atoms with Gasteiger partial charge in [-0.15, -0.1) is 5.10 Å². The zero-order valence-electron chi connectivity index (χ0n) is 15.0. The second-order valence-electron chi connectivity index (χ2n) is 6.18. The van der Waals surface area contributed by atoms with Crippen LogP contribution in [0.15, 0.2) is 91.1 Å². The molecule has 3 aromatic carbocycles. The van der Waals surface area contributed by atoms with Gasteiger partial charge in [-0.3, -0.25) is 0 Å². The molecule has 0 unspecified atom stereocenters. The van der Waals surface area contributed by atoms with Crippen LogP contribution in [0.1, 0.15) is 5.56 Å². The fourth-order valence-corrected chi connectivity index (χ4v) is 2.80. The summed E-state index contributed by atoms with van der Waals surface area (Å²) in [5.74, 6) is 0.720. The summed E-state index contributed by atoms with van der Waals surface area (Å²) in [5.41, 5.74) is 2.82. The molecule has 0 aliphatic carbocycles. The Balaban J connectivity index is 1.65. The van der Waals surface area contributed by atoms with Crippen molar-refractivity contribution in [2.24, 2.45) is 0 Å². The molecule has 0 radical (unpaired) electrons. The predicted molar refractivity (Wildman–Crippen MR) is 108 cm³/mol. The molecule has 0 saturated carbocycles. The van der Waals surface area contributed by atoms with Crippen molar-refractivity contribution >= 4 is 23.1 Å². The van der Waals surface area contributed by atoms with Gasteiger partial charge in [0.05, 0.1) is 12.7 Å². The molecule has 0 spiro atoms. The molecule has 1 aromatic heterocycles. The number of nitrogens with one attached hydrogen (secondary N) is 1. The van der Waals surface area contributed by atoms with Crippen molar-refractivity contribution < 1.29 is 4.39 Å². The molecule has 6 heteroatoms. The van der Waals surface area contributed by atoms with Crippen LogP contribution >= 0.6 is 0 Å². The largest absolute Gasteiger partial charge is 0.339 e. The molecule has 28 heavy (non-hydrogen) atoms. The first kappa shape index (κ1) is 17.6. The van der Waals surface area contributed by atoms with Gasteiger partial charge in [0, 0.05) is 11.4 Å². The normalized spacial score (nSPS) is 10.5. The van der Waals surface area contributed by atoms with E-state index in [1.165, 1.54) is 12.1 Å². The van der Waals surface area contributed by atoms with Crippen LogP contribution in [-0.4, -0.2) is 15.2 Å². The molecule has 0 atom stereocenters. The van der Waals surface area contributed by atoms with E-state index in [1.54, 1.807) is 18.3 Å². The summed E-state index contributed by atoms with van der Waals surface area (Å²) in [5, 5.41) is 11.5. The van der Waals surface area contributed by atoms with E-state index in [2.05, 4.69) is 32.6 Å². The van der Waals surface area contributed by atoms with Crippen molar-refractivity contribution in [1.29, 1.82) is 0 Å². The third-order valence-electron chi connectivity index (χ3n) is 4.16. The number of hydrogen-bond donors (Lipinski definition) is 1. The van der Waals surface area contributed by atoms with Gasteiger partial charge in [0.1, 0.15) is 5.82 Å². The highest BCUT2D eigenvalue weighted by Gasteiger charge is 2.14. The first-order valence-corrected chi connectivity index (χ1v) is 8.87. The number of rotatable bonds is 6. The lowest BCUT2D eigenvalue weighted by atomic mass is 10.2. The first-order valence-electron chi connectivity index (χ1n) is 8.87. The average molecular weight is 371 g/mol. The van der Waals surface area contributed by atoms with Crippen LogP contribution in [0.2, 0.25) is 0 Å². The van der Waals surface area contributed by atoms with Crippen LogP contribution < -0.4 is 10.2 Å². The molecule has 0 fully saturated rings. The van der Waals surface area contributed by atoms with Gasteiger partial charge in [0.2, 0.25) is 0 Å². The zero-order chi connectivity index (χ0) is 19.2. The smallest absolute Gasteiger partial charge is 0.252 e. The monoisotopic (exact) mass is 371 g/mol. The van der Waals surface area contributed by atoms with Crippen LogP contribution in [0, 0.1) is 5.82 Å². The van der Waals surface area contributed by atoms with Gasteiger partial charge in [-0.2, -0.15) is 10.1 Å². The summed E-state index contributed by atoms with van der Waals surface area (Å²) in [6, 6.07) is 26.1. The minimum atomic E-state index is -0.287. The van der Waals surface area contributed by atoms with E-state index >= 15 is 0 Å². The van der Waals surface area contributed by atoms with E-state index in [1.807, 2.05) is 53.4 Å². The molecule has 5 nitrogen and oxygen atoms in total. The van der Waals surface area contributed by atoms with E-state index in [9.17, 15) is 4.39 Å². The standard InChI is InChI=1S/C22H18FN5/c23-18-11-13-19(14-12-18)25-21-15-24-27-22(26-21)28(20-9-5-2-6-10-20)16-17-7-3-1-4-8-17/h1-15H,16H2,(H,25,26,27). The summed E-state index contributed by atoms with van der Waals surface area (Å²) in [6.07, 6.45) is 1.54. The molecule has 0 aliphatic rings. The van der Waals surface area contributed by atoms with Gasteiger partial charge >= 0.3 is 0 Å². The fraction of sp³-hybridized carbons (Fsp3) is 0.0455. The molecule has 1 N–H and O–H groups in total. The Morgan fingerprint density at radius 2 is 1.50 bits per heavy atom. The molecule has 4 aromatic rings. The van der Waals surface area contributed by atoms with E-state index in [-0.39, 0.29) is 5.82 Å². The van der Waals surface area contributed by atoms with Gasteiger partial charge in [-0.1, -0.05) is 48.5 Å². The molecule has 138 valence electrons. The lowest BCUT2D eigenvalue weighted by Crippen LogP contribution is -2.20. The number of anilines is 4. The van der Waals surface area contributed by atoms with Crippen LogP contribution in [0.4, 0.5) is 27.5 Å². The Bertz CT molecular complexity index is 1020. The number of benzene rings is 3. The van der Waals surface area contributed by atoms with Crippen molar-refractivity contribution in [3.8, 4) is 0 Å². The van der Waals surface area contributed by atoms with Gasteiger partial charge < -0.3 is 10.2 Å². The van der Waals surface area contributed by atoms with E-state index in [4.69, 9.17) is 0 Å². The summed E-state index contributed by atoms with van der Waals surface area (Å²) < 4.78 is 13.1. The number of aromatic nitrogens is 3. The van der Waals surface area contributed by atoms with Crippen molar-refractivity contribution in [1.82, 2.24) is 15.2 Å². The maximum atomic E-state index is 13.1. The zero-order valence-corrected chi connectivity index (χ0v) is 15.0. The number of para-hydroxylation sites is 1. The molecule has 0 bridgehead atoms. The van der Waals surface area contributed by atoms with Crippen molar-refractivity contribution in [3.05, 3.63) is 103 Å². The second kappa shape index (κ2) is 8.26. The second-order valence-corrected chi connectivity index (χ2v) is 6.18. The molecule has 0 saturated heterocycles. The third-order valence-corrected chi connectivity index (χ3v) is 4.16. The highest BCUT2D eigenvalue weighted by molar-refractivity contribution is 5.60. The van der Waals surface area contributed by atoms with E-state index < -0.39 is 0 Å². The Hall–Kier alpha value is -3.80. The van der Waals surface area contributed by atoms with Gasteiger partial charge in [0.25, 0.3) is 5.95 Å². The fourth-order valence-electron chi connectivity index (χ4n) is 2.80. The van der Waals surface area contributed by atoms with Gasteiger partial charge in [0.15, 0.2) is 5.82 Å². The summed E-state index contributed by atoms with van der Waals surface area (Å²) in [6.45, 7) is 0.604. The average Bonchev–Trinajstić information content (AvgIpc) is 2.75. The maximum Gasteiger partial charge on any atom is 0.252 e. The molecule has 0 aliphatic heterocycles. The SMILES string of the molecule is Fc1ccc(Nc2cnnc(N(Cc3ccccc3)c3ccccc3)n2)cc1. The topological polar surface area (TPSA) is 53.9 Å². The molecule has 4 rings (SSSR count). The molecular weight excluding hydrogens is 353 g/mol. The summed E-state index contributed by atoms with van der Waals surface area (Å²) in [4.78, 5) is 6.61. The van der Waals surface area contributed by atoms with Crippen LogP contribution in [0.5, 0.6) is 0 Å². The minimum absolute atomic E-state index is 0.287. The third kappa shape index (κ3) is 4.29. The minimum Gasteiger partial charge on any atom is -0.339 e. The predicted octanol–water partition coefficient (Wildman–Crippen LogP) is 5.09. The Kier molecular flexibility index (Phi) is 5.20. The lowest BCUT2D eigenvalue weighted by Gasteiger charge is -2.22. The lowest BCUT2D eigenvalue weighted by molar-refractivity contribution is 0.628. The quantitative estimate of drug-likeness (QED) is 0.511. The molecule has 1 heterocycles. The maximum absolute atomic E-state index is 13.1. The molecule has 0 amide bonds. The van der Waals surface area contributed by atoms with E-state index in [0.717, 1.165) is 16.9 Å². The van der Waals surface area contributed by atoms with E-state index in [0.29, 0.717) is 18.3 Å². The molecular formula is C22H18FN5. The number of nitrogens with zero attached hydrogens (tertiary/aromatic N) is 4. The Labute approximate surface area is 162 Å². The first-order chi connectivity index (χ1) is 13.8. The van der Waals surface area contributed by atoms with Gasteiger partial charge in [-0.05, 0) is 42.0 Å². The van der Waals surface area contributed by atoms with Crippen molar-refractivity contribution in [3.63, 3.8) is 0 Å². The summed E-state index contributed by atoms with van der Waals surface area (Å²) in [7, 11) is 0. The van der Waals surface area contributed by atoms with Crippen LogP contribution in [0.25, 0.3) is 0 Å². The van der Waals surface area contributed by atoms with Crippen LogP contribution in [0.3, 0.4) is 0 Å². The number of hydrogen-bond acceptors (Lipinski definition) is 5. The Morgan fingerprint density at radius 3 is 2.21 bits per heavy atom. The van der Waals surface area contributed by atoms with Crippen LogP contribution in [-0.2, 0) is 6.54 Å². The van der Waals surface area contributed by atoms with Crippen molar-refractivity contribution in [2.45, 2.75) is 6.54 Å². The Morgan fingerprint density at radius 1 is 0.821 bits per heavy atom. The number of halogens is 1. The van der Waals surface area contributed by atoms with Crippen molar-refractivity contribution in [2.75, 3.05) is 10.2 Å².